The SMILES string of the molecule is Cc1c(Cl)cccc1N=Nc1c(O)c(C(=O)O)cc2ccccc12. The van der Waals surface area contributed by atoms with Gasteiger partial charge >= 0.3 is 5.97 Å². The minimum atomic E-state index is -1.23. The van der Waals surface area contributed by atoms with Gasteiger partial charge in [0, 0.05) is 10.4 Å². The number of aromatic hydroxyl groups is 1. The summed E-state index contributed by atoms with van der Waals surface area (Å²) in [5.41, 5.74) is 1.20. The number of carboxylic acid groups (broad SMARTS) is 1. The number of phenols is 1. The van der Waals surface area contributed by atoms with E-state index in [2.05, 4.69) is 10.2 Å². The number of carbonyl (C=O) groups is 1. The molecule has 0 amide bonds. The van der Waals surface area contributed by atoms with Crippen LogP contribution in [0.1, 0.15) is 15.9 Å². The summed E-state index contributed by atoms with van der Waals surface area (Å²) in [6.45, 7) is 1.81. The van der Waals surface area contributed by atoms with Gasteiger partial charge in [-0.25, -0.2) is 4.79 Å². The standard InChI is InChI=1S/C18H13ClN2O3/c1-10-14(19)7-4-8-15(10)20-21-16-12-6-3-2-5-11(12)9-13(17(16)22)18(23)24/h2-9,22H,1H3,(H,23,24). The molecular weight excluding hydrogens is 328 g/mol. The summed E-state index contributed by atoms with van der Waals surface area (Å²) in [6.07, 6.45) is 0. The lowest BCUT2D eigenvalue weighted by Gasteiger charge is -2.08. The maximum atomic E-state index is 11.3. The number of hydrogen-bond acceptors (Lipinski definition) is 4. The van der Waals surface area contributed by atoms with Gasteiger partial charge in [-0.1, -0.05) is 41.9 Å². The number of benzene rings is 3. The van der Waals surface area contributed by atoms with Crippen molar-refractivity contribution >= 4 is 39.7 Å². The van der Waals surface area contributed by atoms with Crippen molar-refractivity contribution in [1.29, 1.82) is 0 Å². The summed E-state index contributed by atoms with van der Waals surface area (Å²) < 4.78 is 0. The number of azo groups is 1. The minimum Gasteiger partial charge on any atom is -0.505 e. The van der Waals surface area contributed by atoms with Crippen LogP contribution in [0.2, 0.25) is 5.02 Å². The van der Waals surface area contributed by atoms with E-state index in [9.17, 15) is 15.0 Å². The molecule has 0 fully saturated rings. The zero-order valence-electron chi connectivity index (χ0n) is 12.7. The third-order valence-electron chi connectivity index (χ3n) is 3.72. The van der Waals surface area contributed by atoms with E-state index in [0.717, 1.165) is 5.56 Å². The number of halogens is 1. The lowest BCUT2D eigenvalue weighted by Crippen LogP contribution is -1.97. The molecule has 3 aromatic carbocycles. The van der Waals surface area contributed by atoms with Crippen molar-refractivity contribution in [3.63, 3.8) is 0 Å². The molecule has 0 aliphatic carbocycles. The Hall–Kier alpha value is -2.92. The molecule has 0 aliphatic rings. The van der Waals surface area contributed by atoms with E-state index in [-0.39, 0.29) is 11.3 Å². The van der Waals surface area contributed by atoms with Crippen molar-refractivity contribution in [2.45, 2.75) is 6.92 Å². The number of fused-ring (bicyclic) bond motifs is 1. The average molecular weight is 341 g/mol. The molecule has 0 aliphatic heterocycles. The van der Waals surface area contributed by atoms with Gasteiger partial charge in [0.15, 0.2) is 5.75 Å². The molecule has 5 nitrogen and oxygen atoms in total. The van der Waals surface area contributed by atoms with E-state index in [1.165, 1.54) is 6.07 Å². The van der Waals surface area contributed by atoms with Crippen LogP contribution in [0.5, 0.6) is 5.75 Å². The summed E-state index contributed by atoms with van der Waals surface area (Å²) in [6, 6.07) is 13.7. The van der Waals surface area contributed by atoms with E-state index in [4.69, 9.17) is 11.6 Å². The van der Waals surface area contributed by atoms with Gasteiger partial charge < -0.3 is 10.2 Å². The highest BCUT2D eigenvalue weighted by Crippen LogP contribution is 2.39. The molecule has 2 N–H and O–H groups in total. The summed E-state index contributed by atoms with van der Waals surface area (Å²) in [5, 5.41) is 29.6. The van der Waals surface area contributed by atoms with Gasteiger partial charge in [0.05, 0.1) is 5.69 Å². The van der Waals surface area contributed by atoms with Crippen molar-refractivity contribution in [2.24, 2.45) is 10.2 Å². The lowest BCUT2D eigenvalue weighted by atomic mass is 10.0. The monoisotopic (exact) mass is 340 g/mol. The maximum Gasteiger partial charge on any atom is 0.339 e. The Morgan fingerprint density at radius 3 is 2.58 bits per heavy atom. The van der Waals surface area contributed by atoms with E-state index in [1.54, 1.807) is 42.5 Å². The molecule has 0 saturated heterocycles. The van der Waals surface area contributed by atoms with Gasteiger partial charge in [-0.15, -0.1) is 5.11 Å². The van der Waals surface area contributed by atoms with E-state index in [1.807, 2.05) is 6.92 Å². The quantitative estimate of drug-likeness (QED) is 0.607. The van der Waals surface area contributed by atoms with E-state index < -0.39 is 11.7 Å². The van der Waals surface area contributed by atoms with Crippen molar-refractivity contribution in [3.8, 4) is 5.75 Å². The highest BCUT2D eigenvalue weighted by molar-refractivity contribution is 6.31. The van der Waals surface area contributed by atoms with Crippen molar-refractivity contribution in [1.82, 2.24) is 0 Å². The molecule has 0 spiro atoms. The minimum absolute atomic E-state index is 0.116. The largest absolute Gasteiger partial charge is 0.505 e. The maximum absolute atomic E-state index is 11.3. The van der Waals surface area contributed by atoms with Crippen LogP contribution in [-0.2, 0) is 0 Å². The summed E-state index contributed by atoms with van der Waals surface area (Å²) in [4.78, 5) is 11.3. The molecule has 6 heteroatoms. The first-order valence-electron chi connectivity index (χ1n) is 7.14. The number of rotatable bonds is 3. The fourth-order valence-corrected chi connectivity index (χ4v) is 2.56. The third-order valence-corrected chi connectivity index (χ3v) is 4.13. The smallest absolute Gasteiger partial charge is 0.339 e. The Balaban J connectivity index is 2.21. The zero-order chi connectivity index (χ0) is 17.3. The number of hydrogen-bond donors (Lipinski definition) is 2. The molecule has 3 rings (SSSR count). The molecular formula is C18H13ClN2O3. The predicted molar refractivity (Wildman–Crippen MR) is 92.9 cm³/mol. The molecule has 0 aromatic heterocycles. The molecule has 0 heterocycles. The van der Waals surface area contributed by atoms with Crippen LogP contribution in [0.25, 0.3) is 10.8 Å². The molecule has 0 bridgehead atoms. The molecule has 3 aromatic rings. The van der Waals surface area contributed by atoms with E-state index >= 15 is 0 Å². The average Bonchev–Trinajstić information content (AvgIpc) is 2.57. The zero-order valence-corrected chi connectivity index (χ0v) is 13.4. The van der Waals surface area contributed by atoms with Crippen LogP contribution in [-0.4, -0.2) is 16.2 Å². The fraction of sp³-hybridized carbons (Fsp3) is 0.0556. The van der Waals surface area contributed by atoms with Crippen LogP contribution >= 0.6 is 11.6 Å². The van der Waals surface area contributed by atoms with Crippen LogP contribution in [0, 0.1) is 6.92 Å². The second-order valence-electron chi connectivity index (χ2n) is 5.23. The Labute approximate surface area is 142 Å². The molecule has 0 atom stereocenters. The van der Waals surface area contributed by atoms with Crippen molar-refractivity contribution in [3.05, 3.63) is 64.7 Å². The molecule has 0 radical (unpaired) electrons. The Kier molecular flexibility index (Phi) is 4.18. The van der Waals surface area contributed by atoms with Gasteiger partial charge in [-0.2, -0.15) is 5.11 Å². The Morgan fingerprint density at radius 2 is 1.83 bits per heavy atom. The fourth-order valence-electron chi connectivity index (χ4n) is 2.39. The lowest BCUT2D eigenvalue weighted by molar-refractivity contribution is 0.0694. The van der Waals surface area contributed by atoms with Gasteiger partial charge in [-0.05, 0) is 36.1 Å². The van der Waals surface area contributed by atoms with Gasteiger partial charge in [0.2, 0.25) is 0 Å². The Morgan fingerprint density at radius 1 is 1.08 bits per heavy atom. The highest BCUT2D eigenvalue weighted by Gasteiger charge is 2.17. The first kappa shape index (κ1) is 16.0. The Bertz CT molecular complexity index is 983. The third kappa shape index (κ3) is 2.81. The second-order valence-corrected chi connectivity index (χ2v) is 5.64. The predicted octanol–water partition coefficient (Wildman–Crippen LogP) is 5.62. The van der Waals surface area contributed by atoms with Gasteiger partial charge in [-0.3, -0.25) is 0 Å². The van der Waals surface area contributed by atoms with Crippen LogP contribution < -0.4 is 0 Å². The van der Waals surface area contributed by atoms with E-state index in [0.29, 0.717) is 21.5 Å². The topological polar surface area (TPSA) is 82.2 Å². The van der Waals surface area contributed by atoms with Gasteiger partial charge in [0.1, 0.15) is 11.3 Å². The molecule has 120 valence electrons. The second kappa shape index (κ2) is 6.29. The van der Waals surface area contributed by atoms with Crippen LogP contribution in [0.3, 0.4) is 0 Å². The number of aromatic carboxylic acids is 1. The summed E-state index contributed by atoms with van der Waals surface area (Å²) in [5.74, 6) is -1.64. The number of nitrogens with zero attached hydrogens (tertiary/aromatic N) is 2. The first-order chi connectivity index (χ1) is 11.5. The molecule has 0 unspecified atom stereocenters. The van der Waals surface area contributed by atoms with Crippen LogP contribution in [0.4, 0.5) is 11.4 Å². The summed E-state index contributed by atoms with van der Waals surface area (Å²) >= 11 is 6.06. The normalized spacial score (nSPS) is 11.2. The van der Waals surface area contributed by atoms with Crippen molar-refractivity contribution in [2.75, 3.05) is 0 Å². The molecule has 24 heavy (non-hydrogen) atoms. The number of carboxylic acids is 1. The van der Waals surface area contributed by atoms with Gasteiger partial charge in [0.25, 0.3) is 0 Å². The first-order valence-corrected chi connectivity index (χ1v) is 7.51. The molecule has 0 saturated carbocycles. The van der Waals surface area contributed by atoms with Crippen molar-refractivity contribution < 1.29 is 15.0 Å². The highest BCUT2D eigenvalue weighted by atomic mass is 35.5. The summed E-state index contributed by atoms with van der Waals surface area (Å²) in [7, 11) is 0. The van der Waals surface area contributed by atoms with Crippen LogP contribution in [0.15, 0.2) is 58.8 Å².